The quantitative estimate of drug-likeness (QED) is 0.784. The van der Waals surface area contributed by atoms with Crippen molar-refractivity contribution in [3.05, 3.63) is 42.1 Å². The molecule has 0 aliphatic carbocycles. The van der Waals surface area contributed by atoms with Crippen molar-refractivity contribution in [1.82, 2.24) is 19.5 Å². The maximum absolute atomic E-state index is 5.98. The van der Waals surface area contributed by atoms with E-state index >= 15 is 0 Å². The third-order valence-corrected chi connectivity index (χ3v) is 3.32. The van der Waals surface area contributed by atoms with Crippen molar-refractivity contribution in [1.29, 1.82) is 0 Å². The molecule has 3 rings (SSSR count). The van der Waals surface area contributed by atoms with E-state index in [1.165, 1.54) is 6.33 Å². The Morgan fingerprint density at radius 2 is 2.15 bits per heavy atom. The van der Waals surface area contributed by atoms with Crippen LogP contribution in [0.2, 0.25) is 0 Å². The number of hydrogen-bond donors (Lipinski definition) is 1. The summed E-state index contributed by atoms with van der Waals surface area (Å²) < 4.78 is 7.25. The lowest BCUT2D eigenvalue weighted by molar-refractivity contribution is 0.392. The predicted octanol–water partition coefficient (Wildman–Crippen LogP) is 1.77. The van der Waals surface area contributed by atoms with Crippen molar-refractivity contribution < 1.29 is 4.74 Å². The van der Waals surface area contributed by atoms with Gasteiger partial charge in [0.1, 0.15) is 11.8 Å². The molecule has 0 spiro atoms. The van der Waals surface area contributed by atoms with Crippen LogP contribution in [0.3, 0.4) is 0 Å². The van der Waals surface area contributed by atoms with Gasteiger partial charge in [-0.15, -0.1) is 0 Å². The van der Waals surface area contributed by atoms with E-state index < -0.39 is 0 Å². The summed E-state index contributed by atoms with van der Waals surface area (Å²) in [7, 11) is 1.60. The first-order chi connectivity index (χ1) is 9.70. The average Bonchev–Trinajstić information content (AvgIpc) is 2.78. The van der Waals surface area contributed by atoms with E-state index in [1.807, 2.05) is 29.8 Å². The fourth-order valence-corrected chi connectivity index (χ4v) is 2.28. The molecular weight excluding hydrogens is 254 g/mol. The lowest BCUT2D eigenvalue weighted by atomic mass is 10.2. The molecule has 0 aliphatic rings. The maximum Gasteiger partial charge on any atom is 0.219 e. The van der Waals surface area contributed by atoms with E-state index in [0.29, 0.717) is 18.1 Å². The minimum atomic E-state index is 0.595. The molecule has 0 saturated heterocycles. The molecule has 0 radical (unpaired) electrons. The van der Waals surface area contributed by atoms with E-state index in [9.17, 15) is 0 Å². The Hall–Kier alpha value is -2.63. The highest BCUT2D eigenvalue weighted by Crippen LogP contribution is 2.23. The van der Waals surface area contributed by atoms with Crippen molar-refractivity contribution in [2.75, 3.05) is 12.8 Å². The Morgan fingerprint density at radius 3 is 2.95 bits per heavy atom. The van der Waals surface area contributed by atoms with Gasteiger partial charge in [-0.1, -0.05) is 0 Å². The van der Waals surface area contributed by atoms with E-state index in [1.54, 1.807) is 13.3 Å². The van der Waals surface area contributed by atoms with Crippen LogP contribution < -0.4 is 10.5 Å². The Balaban J connectivity index is 2.06. The molecule has 6 heteroatoms. The number of nitrogen functional groups attached to an aromatic ring is 1. The van der Waals surface area contributed by atoms with Gasteiger partial charge in [-0.3, -0.25) is 4.98 Å². The number of hydrogen-bond acceptors (Lipinski definition) is 5. The molecule has 20 heavy (non-hydrogen) atoms. The van der Waals surface area contributed by atoms with Crippen LogP contribution in [-0.2, 0) is 6.54 Å². The topological polar surface area (TPSA) is 78.9 Å². The molecule has 3 aromatic heterocycles. The van der Waals surface area contributed by atoms with Gasteiger partial charge in [-0.05, 0) is 19.1 Å². The zero-order chi connectivity index (χ0) is 14.1. The van der Waals surface area contributed by atoms with Crippen LogP contribution in [0.4, 0.5) is 5.69 Å². The van der Waals surface area contributed by atoms with Crippen LogP contribution in [0, 0.1) is 6.92 Å². The first-order valence-corrected chi connectivity index (χ1v) is 6.24. The molecule has 3 aromatic rings. The average molecular weight is 269 g/mol. The van der Waals surface area contributed by atoms with Crippen LogP contribution in [0.15, 0.2) is 30.9 Å². The third kappa shape index (κ3) is 1.95. The molecule has 0 aliphatic heterocycles. The van der Waals surface area contributed by atoms with Crippen LogP contribution in [-0.4, -0.2) is 26.6 Å². The fraction of sp³-hybridized carbons (Fsp3) is 0.214. The summed E-state index contributed by atoms with van der Waals surface area (Å²) in [4.78, 5) is 12.7. The molecule has 0 fully saturated rings. The molecule has 6 nitrogen and oxygen atoms in total. The summed E-state index contributed by atoms with van der Waals surface area (Å²) in [5.41, 5.74) is 10.3. The zero-order valence-electron chi connectivity index (χ0n) is 11.4. The van der Waals surface area contributed by atoms with Gasteiger partial charge in [0.2, 0.25) is 5.88 Å². The van der Waals surface area contributed by atoms with Crippen LogP contribution in [0.25, 0.3) is 11.0 Å². The Bertz CT molecular complexity index is 765. The van der Waals surface area contributed by atoms with E-state index in [0.717, 1.165) is 22.3 Å². The largest absolute Gasteiger partial charge is 0.481 e. The number of aromatic nitrogens is 4. The van der Waals surface area contributed by atoms with Gasteiger partial charge in [0.15, 0.2) is 0 Å². The predicted molar refractivity (Wildman–Crippen MR) is 76.6 cm³/mol. The molecule has 0 unspecified atom stereocenters. The van der Waals surface area contributed by atoms with Crippen molar-refractivity contribution in [3.63, 3.8) is 0 Å². The molecule has 0 saturated carbocycles. The molecular formula is C14H15N5O. The first kappa shape index (κ1) is 12.4. The van der Waals surface area contributed by atoms with Gasteiger partial charge in [0, 0.05) is 18.0 Å². The molecule has 3 heterocycles. The summed E-state index contributed by atoms with van der Waals surface area (Å²) in [5.74, 6) is 0.595. The Labute approximate surface area is 116 Å². The van der Waals surface area contributed by atoms with E-state index in [4.69, 9.17) is 10.5 Å². The second-order valence-corrected chi connectivity index (χ2v) is 4.54. The lowest BCUT2D eigenvalue weighted by Crippen LogP contribution is -2.05. The Kier molecular flexibility index (Phi) is 2.98. The second kappa shape index (κ2) is 4.80. The molecule has 2 N–H and O–H groups in total. The monoisotopic (exact) mass is 269 g/mol. The maximum atomic E-state index is 5.98. The van der Waals surface area contributed by atoms with Crippen molar-refractivity contribution in [3.8, 4) is 5.88 Å². The van der Waals surface area contributed by atoms with Crippen molar-refractivity contribution in [2.24, 2.45) is 0 Å². The van der Waals surface area contributed by atoms with Gasteiger partial charge < -0.3 is 15.0 Å². The minimum absolute atomic E-state index is 0.595. The Morgan fingerprint density at radius 1 is 1.30 bits per heavy atom. The lowest BCUT2D eigenvalue weighted by Gasteiger charge is -2.09. The summed E-state index contributed by atoms with van der Waals surface area (Å²) in [5, 5.41) is 0. The summed E-state index contributed by atoms with van der Waals surface area (Å²) >= 11 is 0. The van der Waals surface area contributed by atoms with Crippen LogP contribution >= 0.6 is 0 Å². The molecule has 0 amide bonds. The van der Waals surface area contributed by atoms with E-state index in [2.05, 4.69) is 15.0 Å². The fourth-order valence-electron chi connectivity index (χ4n) is 2.28. The van der Waals surface area contributed by atoms with Gasteiger partial charge in [-0.25, -0.2) is 9.97 Å². The number of ether oxygens (including phenoxy) is 1. The standard InChI is InChI=1S/C14H15N5O/c1-9-11(17-8-18-14(9)20-2)7-19-6-10(15)13-12(19)4-3-5-16-13/h3-6,8H,7,15H2,1-2H3. The summed E-state index contributed by atoms with van der Waals surface area (Å²) in [6.07, 6.45) is 5.13. The summed E-state index contributed by atoms with van der Waals surface area (Å²) in [6.45, 7) is 2.55. The van der Waals surface area contributed by atoms with Crippen molar-refractivity contribution in [2.45, 2.75) is 13.5 Å². The molecule has 102 valence electrons. The normalized spacial score (nSPS) is 10.9. The molecule has 0 aromatic carbocycles. The minimum Gasteiger partial charge on any atom is -0.481 e. The van der Waals surface area contributed by atoms with E-state index in [-0.39, 0.29) is 0 Å². The highest BCUT2D eigenvalue weighted by atomic mass is 16.5. The third-order valence-electron chi connectivity index (χ3n) is 3.32. The van der Waals surface area contributed by atoms with Gasteiger partial charge in [-0.2, -0.15) is 0 Å². The number of methoxy groups -OCH3 is 1. The molecule has 0 atom stereocenters. The number of fused-ring (bicyclic) bond motifs is 1. The number of nitrogens with zero attached hydrogens (tertiary/aromatic N) is 4. The van der Waals surface area contributed by atoms with Crippen LogP contribution in [0.5, 0.6) is 5.88 Å². The zero-order valence-corrected chi connectivity index (χ0v) is 11.4. The highest BCUT2D eigenvalue weighted by molar-refractivity contribution is 5.87. The van der Waals surface area contributed by atoms with Gasteiger partial charge >= 0.3 is 0 Å². The number of anilines is 1. The number of rotatable bonds is 3. The second-order valence-electron chi connectivity index (χ2n) is 4.54. The first-order valence-electron chi connectivity index (χ1n) is 6.24. The van der Waals surface area contributed by atoms with Gasteiger partial charge in [0.25, 0.3) is 0 Å². The highest BCUT2D eigenvalue weighted by Gasteiger charge is 2.11. The SMILES string of the molecule is COc1ncnc(Cn2cc(N)c3ncccc32)c1C. The number of nitrogens with two attached hydrogens (primary N) is 1. The number of pyridine rings is 1. The van der Waals surface area contributed by atoms with Gasteiger partial charge in [0.05, 0.1) is 30.6 Å². The van der Waals surface area contributed by atoms with Crippen molar-refractivity contribution >= 4 is 16.7 Å². The van der Waals surface area contributed by atoms with Crippen LogP contribution in [0.1, 0.15) is 11.3 Å². The summed E-state index contributed by atoms with van der Waals surface area (Å²) in [6, 6.07) is 3.89. The smallest absolute Gasteiger partial charge is 0.219 e. The molecule has 0 bridgehead atoms.